The average Bonchev–Trinajstić information content (AvgIpc) is 2.18. The Bertz CT molecular complexity index is 372. The summed E-state index contributed by atoms with van der Waals surface area (Å²) in [5.74, 6) is 3.04. The molecule has 0 saturated heterocycles. The summed E-state index contributed by atoms with van der Waals surface area (Å²) in [5.41, 5.74) is 0.431. The molecule has 1 rings (SSSR count). The van der Waals surface area contributed by atoms with Gasteiger partial charge in [-0.05, 0) is 0 Å². The lowest BCUT2D eigenvalue weighted by molar-refractivity contribution is 0.981. The maximum atomic E-state index is 8.73. The van der Waals surface area contributed by atoms with E-state index in [-0.39, 0.29) is 0 Å². The van der Waals surface area contributed by atoms with E-state index in [2.05, 4.69) is 15.9 Å². The van der Waals surface area contributed by atoms with Crippen LogP contribution in [0.4, 0.5) is 5.82 Å². The van der Waals surface area contributed by atoms with Gasteiger partial charge in [0.1, 0.15) is 23.8 Å². The zero-order chi connectivity index (χ0) is 9.68. The molecule has 0 spiro atoms. The van der Waals surface area contributed by atoms with E-state index >= 15 is 0 Å². The molecule has 13 heavy (non-hydrogen) atoms. The maximum absolute atomic E-state index is 8.73. The monoisotopic (exact) mass is 172 g/mol. The van der Waals surface area contributed by atoms with Crippen LogP contribution in [0.3, 0.4) is 0 Å². The SMILES string of the molecule is C#CCN(C)c1ncncc1C#N. The molecule has 4 heteroatoms. The van der Waals surface area contributed by atoms with Gasteiger partial charge in [0.25, 0.3) is 0 Å². The summed E-state index contributed by atoms with van der Waals surface area (Å²) in [5, 5.41) is 8.73. The molecule has 4 nitrogen and oxygen atoms in total. The van der Waals surface area contributed by atoms with Crippen molar-refractivity contribution in [3.8, 4) is 18.4 Å². The normalized spacial score (nSPS) is 8.54. The number of terminal acetylenes is 1. The Kier molecular flexibility index (Phi) is 2.83. The molecular weight excluding hydrogens is 164 g/mol. The first-order valence-corrected chi connectivity index (χ1v) is 3.64. The molecule has 0 radical (unpaired) electrons. The van der Waals surface area contributed by atoms with Crippen molar-refractivity contribution in [3.63, 3.8) is 0 Å². The molecule has 0 aliphatic rings. The van der Waals surface area contributed by atoms with Crippen LogP contribution in [0.15, 0.2) is 12.5 Å². The van der Waals surface area contributed by atoms with Gasteiger partial charge >= 0.3 is 0 Å². The third-order valence-corrected chi connectivity index (χ3v) is 1.50. The van der Waals surface area contributed by atoms with Crippen LogP contribution >= 0.6 is 0 Å². The molecule has 0 amide bonds. The van der Waals surface area contributed by atoms with E-state index in [1.165, 1.54) is 12.5 Å². The Labute approximate surface area is 76.8 Å². The molecule has 0 atom stereocenters. The number of aromatic nitrogens is 2. The molecule has 1 aromatic heterocycles. The Morgan fingerprint density at radius 2 is 2.46 bits per heavy atom. The van der Waals surface area contributed by atoms with Crippen molar-refractivity contribution in [2.24, 2.45) is 0 Å². The number of hydrogen-bond acceptors (Lipinski definition) is 4. The summed E-state index contributed by atoms with van der Waals surface area (Å²) in [6.45, 7) is 0.422. The van der Waals surface area contributed by atoms with Crippen LogP contribution in [-0.4, -0.2) is 23.6 Å². The van der Waals surface area contributed by atoms with Crippen molar-refractivity contribution in [3.05, 3.63) is 18.1 Å². The van der Waals surface area contributed by atoms with Crippen LogP contribution in [0, 0.1) is 23.7 Å². The van der Waals surface area contributed by atoms with Crippen molar-refractivity contribution < 1.29 is 0 Å². The summed E-state index contributed by atoms with van der Waals surface area (Å²) in [7, 11) is 1.78. The van der Waals surface area contributed by atoms with Gasteiger partial charge in [0.2, 0.25) is 0 Å². The van der Waals surface area contributed by atoms with Crippen LogP contribution in [0.1, 0.15) is 5.56 Å². The first kappa shape index (κ1) is 9.02. The number of rotatable bonds is 2. The fraction of sp³-hybridized carbons (Fsp3) is 0.222. The highest BCUT2D eigenvalue weighted by atomic mass is 15.2. The van der Waals surface area contributed by atoms with Crippen molar-refractivity contribution in [1.29, 1.82) is 5.26 Å². The van der Waals surface area contributed by atoms with E-state index in [1.54, 1.807) is 11.9 Å². The summed E-state index contributed by atoms with van der Waals surface area (Å²) >= 11 is 0. The molecule has 0 aliphatic carbocycles. The Hall–Kier alpha value is -2.07. The molecule has 0 N–H and O–H groups in total. The lowest BCUT2D eigenvalue weighted by atomic mass is 10.3. The molecule has 0 unspecified atom stereocenters. The maximum Gasteiger partial charge on any atom is 0.150 e. The average molecular weight is 172 g/mol. The highest BCUT2D eigenvalue weighted by Crippen LogP contribution is 2.11. The lowest BCUT2D eigenvalue weighted by Gasteiger charge is -2.14. The van der Waals surface area contributed by atoms with E-state index in [0.29, 0.717) is 17.9 Å². The highest BCUT2D eigenvalue weighted by molar-refractivity contribution is 5.52. The molecule has 1 aromatic rings. The van der Waals surface area contributed by atoms with Crippen molar-refractivity contribution >= 4 is 5.82 Å². The van der Waals surface area contributed by atoms with Crippen molar-refractivity contribution in [2.75, 3.05) is 18.5 Å². The molecule has 0 bridgehead atoms. The van der Waals surface area contributed by atoms with Crippen LogP contribution in [-0.2, 0) is 0 Å². The topological polar surface area (TPSA) is 52.8 Å². The van der Waals surface area contributed by atoms with Gasteiger partial charge in [-0.25, -0.2) is 9.97 Å². The van der Waals surface area contributed by atoms with Crippen molar-refractivity contribution in [1.82, 2.24) is 9.97 Å². The zero-order valence-corrected chi connectivity index (χ0v) is 7.23. The predicted octanol–water partition coefficient (Wildman–Crippen LogP) is 0.418. The minimum absolute atomic E-state index is 0.422. The second-order valence-electron chi connectivity index (χ2n) is 2.43. The van der Waals surface area contributed by atoms with Gasteiger partial charge in [0.15, 0.2) is 0 Å². The number of anilines is 1. The van der Waals surface area contributed by atoms with E-state index < -0.39 is 0 Å². The standard InChI is InChI=1S/C9H8N4/c1-3-4-13(2)9-8(5-10)6-11-7-12-9/h1,6-7H,4H2,2H3. The van der Waals surface area contributed by atoms with E-state index in [9.17, 15) is 0 Å². The van der Waals surface area contributed by atoms with Gasteiger partial charge in [-0.3, -0.25) is 0 Å². The Morgan fingerprint density at radius 3 is 3.08 bits per heavy atom. The van der Waals surface area contributed by atoms with Gasteiger partial charge in [-0.2, -0.15) is 5.26 Å². The van der Waals surface area contributed by atoms with Crippen LogP contribution in [0.2, 0.25) is 0 Å². The summed E-state index contributed by atoms with van der Waals surface area (Å²) in [6, 6.07) is 2.00. The fourth-order valence-electron chi connectivity index (χ4n) is 0.918. The second kappa shape index (κ2) is 4.08. The number of nitriles is 1. The minimum atomic E-state index is 0.422. The fourth-order valence-corrected chi connectivity index (χ4v) is 0.918. The molecule has 0 aliphatic heterocycles. The van der Waals surface area contributed by atoms with Gasteiger partial charge < -0.3 is 4.90 Å². The zero-order valence-electron chi connectivity index (χ0n) is 7.23. The quantitative estimate of drug-likeness (QED) is 0.606. The number of hydrogen-bond donors (Lipinski definition) is 0. The molecule has 0 fully saturated rings. The minimum Gasteiger partial charge on any atom is -0.347 e. The molecular formula is C9H8N4. The van der Waals surface area contributed by atoms with Gasteiger partial charge in [-0.1, -0.05) is 5.92 Å². The van der Waals surface area contributed by atoms with Crippen LogP contribution in [0.5, 0.6) is 0 Å². The Morgan fingerprint density at radius 1 is 1.69 bits per heavy atom. The lowest BCUT2D eigenvalue weighted by Crippen LogP contribution is -2.19. The van der Waals surface area contributed by atoms with Gasteiger partial charge in [0.05, 0.1) is 12.7 Å². The molecule has 64 valence electrons. The first-order valence-electron chi connectivity index (χ1n) is 3.64. The van der Waals surface area contributed by atoms with E-state index in [4.69, 9.17) is 11.7 Å². The molecule has 0 saturated carbocycles. The van der Waals surface area contributed by atoms with E-state index in [1.807, 2.05) is 6.07 Å². The predicted molar refractivity (Wildman–Crippen MR) is 48.9 cm³/mol. The van der Waals surface area contributed by atoms with Crippen molar-refractivity contribution in [2.45, 2.75) is 0 Å². The van der Waals surface area contributed by atoms with Crippen LogP contribution < -0.4 is 4.90 Å². The van der Waals surface area contributed by atoms with Gasteiger partial charge in [0, 0.05) is 7.05 Å². The third kappa shape index (κ3) is 1.94. The third-order valence-electron chi connectivity index (χ3n) is 1.50. The van der Waals surface area contributed by atoms with Crippen LogP contribution in [0.25, 0.3) is 0 Å². The van der Waals surface area contributed by atoms with E-state index in [0.717, 1.165) is 0 Å². The largest absolute Gasteiger partial charge is 0.347 e. The molecule has 0 aromatic carbocycles. The summed E-state index contributed by atoms with van der Waals surface area (Å²) in [4.78, 5) is 9.43. The first-order chi connectivity index (χ1) is 6.29. The smallest absolute Gasteiger partial charge is 0.150 e. The highest BCUT2D eigenvalue weighted by Gasteiger charge is 2.06. The number of nitrogens with zero attached hydrogens (tertiary/aromatic N) is 4. The summed E-state index contributed by atoms with van der Waals surface area (Å²) in [6.07, 6.45) is 8.00. The van der Waals surface area contributed by atoms with Gasteiger partial charge in [-0.15, -0.1) is 6.42 Å². The summed E-state index contributed by atoms with van der Waals surface area (Å²) < 4.78 is 0. The second-order valence-corrected chi connectivity index (χ2v) is 2.43. The Balaban J connectivity index is 3.02. The molecule has 1 heterocycles.